The maximum atomic E-state index is 13.2. The molecule has 162 valence electrons. The Morgan fingerprint density at radius 1 is 0.758 bits per heavy atom. The van der Waals surface area contributed by atoms with E-state index in [1.807, 2.05) is 30.3 Å². The molecule has 0 unspecified atom stereocenters. The largest absolute Gasteiger partial charge is 0.465 e. The van der Waals surface area contributed by atoms with E-state index in [9.17, 15) is 9.59 Å². The highest BCUT2D eigenvalue weighted by Crippen LogP contribution is 2.71. The van der Waals surface area contributed by atoms with Gasteiger partial charge >= 0.3 is 11.9 Å². The maximum Gasteiger partial charge on any atom is 0.345 e. The van der Waals surface area contributed by atoms with Gasteiger partial charge in [-0.05, 0) is 39.0 Å². The average Bonchev–Trinajstić information content (AvgIpc) is 3.25. The van der Waals surface area contributed by atoms with Crippen LogP contribution in [0.4, 0.5) is 0 Å². The number of carbonyl (C=O) groups is 2. The summed E-state index contributed by atoms with van der Waals surface area (Å²) in [6.07, 6.45) is 0. The second kappa shape index (κ2) is 7.22. The molecule has 0 aromatic heterocycles. The van der Waals surface area contributed by atoms with Crippen molar-refractivity contribution in [2.45, 2.75) is 10.7 Å². The number of allylic oxidation sites excluding steroid dienone is 1. The summed E-state index contributed by atoms with van der Waals surface area (Å²) in [6.45, 7) is 0. The minimum atomic E-state index is -0.736. The van der Waals surface area contributed by atoms with Gasteiger partial charge in [-0.15, -0.1) is 0 Å². The molecule has 0 saturated carbocycles. The van der Waals surface area contributed by atoms with Crippen LogP contribution in [0, 0.1) is 0 Å². The van der Waals surface area contributed by atoms with Crippen molar-refractivity contribution in [1.82, 2.24) is 0 Å². The lowest BCUT2D eigenvalue weighted by Crippen LogP contribution is -2.39. The molecular weight excluding hydrogens is 432 g/mol. The topological polar surface area (TPSA) is 52.6 Å². The highest BCUT2D eigenvalue weighted by Gasteiger charge is 2.60. The van der Waals surface area contributed by atoms with Crippen LogP contribution in [-0.2, 0) is 23.8 Å². The molecule has 0 atom stereocenters. The molecule has 3 aromatic rings. The standard InChI is InChI=1S/C28H20O4S/c1-31-26(29)23-24-21(16-10-4-3-5-11-16)22-17-12-6-8-14-19(17)28(24,33-25(23)27(30)32-2)20-15-9-7-13-18(20)22/h3-15,22H,1-2H3. The second-order valence-corrected chi connectivity index (χ2v) is 9.46. The predicted octanol–water partition coefficient (Wildman–Crippen LogP) is 5.19. The van der Waals surface area contributed by atoms with E-state index in [0.29, 0.717) is 10.5 Å². The SMILES string of the molecule is COC(=O)C1=C(C(=O)OC)C2=C(c3ccccc3)C3c4ccccc4C2(S1)c1ccccc13. The molecule has 1 heterocycles. The molecule has 5 heteroatoms. The molecule has 1 aliphatic heterocycles. The van der Waals surface area contributed by atoms with Gasteiger partial charge in [-0.25, -0.2) is 9.59 Å². The molecule has 3 aromatic carbocycles. The van der Waals surface area contributed by atoms with Crippen LogP contribution in [0.3, 0.4) is 0 Å². The molecule has 0 saturated heterocycles. The van der Waals surface area contributed by atoms with Gasteiger partial charge in [0.2, 0.25) is 0 Å². The molecule has 4 nitrogen and oxygen atoms in total. The Hall–Kier alpha value is -3.57. The lowest BCUT2D eigenvalue weighted by molar-refractivity contribution is -0.138. The zero-order valence-corrected chi connectivity index (χ0v) is 18.9. The first kappa shape index (κ1) is 20.1. The summed E-state index contributed by atoms with van der Waals surface area (Å²) in [5, 5.41) is 0. The first-order valence-electron chi connectivity index (χ1n) is 10.7. The third-order valence-corrected chi connectivity index (χ3v) is 8.31. The van der Waals surface area contributed by atoms with E-state index in [1.165, 1.54) is 37.1 Å². The molecule has 33 heavy (non-hydrogen) atoms. The lowest BCUT2D eigenvalue weighted by atomic mass is 9.58. The molecule has 4 aliphatic rings. The van der Waals surface area contributed by atoms with Gasteiger partial charge in [-0.3, -0.25) is 0 Å². The van der Waals surface area contributed by atoms with Gasteiger partial charge in [-0.2, -0.15) is 0 Å². The van der Waals surface area contributed by atoms with E-state index in [0.717, 1.165) is 27.8 Å². The van der Waals surface area contributed by atoms with Gasteiger partial charge in [-0.1, -0.05) is 90.6 Å². The van der Waals surface area contributed by atoms with Gasteiger partial charge < -0.3 is 9.47 Å². The fourth-order valence-corrected chi connectivity index (χ4v) is 7.28. The van der Waals surface area contributed by atoms with Gasteiger partial charge in [0.1, 0.15) is 4.91 Å². The second-order valence-electron chi connectivity index (χ2n) is 8.23. The Bertz CT molecular complexity index is 1350. The number of thioether (sulfide) groups is 1. The zero-order valence-electron chi connectivity index (χ0n) is 18.1. The smallest absolute Gasteiger partial charge is 0.345 e. The quantitative estimate of drug-likeness (QED) is 0.512. The number of ether oxygens (including phenoxy) is 2. The Morgan fingerprint density at radius 2 is 1.30 bits per heavy atom. The predicted molar refractivity (Wildman–Crippen MR) is 128 cm³/mol. The van der Waals surface area contributed by atoms with Crippen LogP contribution in [0.25, 0.3) is 5.57 Å². The number of benzene rings is 3. The number of hydrogen-bond acceptors (Lipinski definition) is 5. The zero-order chi connectivity index (χ0) is 22.7. The molecule has 0 fully saturated rings. The van der Waals surface area contributed by atoms with Crippen molar-refractivity contribution in [1.29, 1.82) is 0 Å². The van der Waals surface area contributed by atoms with Crippen LogP contribution in [0.1, 0.15) is 33.7 Å². The monoisotopic (exact) mass is 452 g/mol. The summed E-state index contributed by atoms with van der Waals surface area (Å²) in [5.74, 6) is -1.11. The van der Waals surface area contributed by atoms with Crippen molar-refractivity contribution in [2.24, 2.45) is 0 Å². The van der Waals surface area contributed by atoms with E-state index >= 15 is 0 Å². The van der Waals surface area contributed by atoms with E-state index < -0.39 is 16.7 Å². The molecule has 2 bridgehead atoms. The first-order chi connectivity index (χ1) is 16.1. The van der Waals surface area contributed by atoms with Crippen molar-refractivity contribution < 1.29 is 19.1 Å². The van der Waals surface area contributed by atoms with Crippen LogP contribution in [-0.4, -0.2) is 26.2 Å². The van der Waals surface area contributed by atoms with Crippen LogP contribution < -0.4 is 0 Å². The Labute approximate surface area is 195 Å². The third kappa shape index (κ3) is 2.48. The number of hydrogen-bond donors (Lipinski definition) is 0. The van der Waals surface area contributed by atoms with Crippen LogP contribution in [0.5, 0.6) is 0 Å². The van der Waals surface area contributed by atoms with Crippen molar-refractivity contribution in [3.8, 4) is 0 Å². The lowest BCUT2D eigenvalue weighted by Gasteiger charge is -2.49. The van der Waals surface area contributed by atoms with Gasteiger partial charge in [0.25, 0.3) is 0 Å². The number of esters is 2. The van der Waals surface area contributed by atoms with Crippen molar-refractivity contribution in [3.05, 3.63) is 123 Å². The van der Waals surface area contributed by atoms with Crippen molar-refractivity contribution in [2.75, 3.05) is 14.2 Å². The molecule has 3 aliphatic carbocycles. The van der Waals surface area contributed by atoms with Gasteiger partial charge in [0.15, 0.2) is 0 Å². The minimum absolute atomic E-state index is 0.0612. The van der Waals surface area contributed by atoms with Gasteiger partial charge in [0, 0.05) is 5.92 Å². The minimum Gasteiger partial charge on any atom is -0.465 e. The number of carbonyl (C=O) groups excluding carboxylic acids is 2. The third-order valence-electron chi connectivity index (χ3n) is 6.79. The maximum absolute atomic E-state index is 13.2. The van der Waals surface area contributed by atoms with E-state index in [4.69, 9.17) is 9.47 Å². The number of methoxy groups -OCH3 is 2. The molecule has 0 amide bonds. The molecular formula is C28H20O4S. The van der Waals surface area contributed by atoms with E-state index in [2.05, 4.69) is 48.5 Å². The fourth-order valence-electron chi connectivity index (χ4n) is 5.62. The van der Waals surface area contributed by atoms with E-state index in [-0.39, 0.29) is 5.92 Å². The van der Waals surface area contributed by atoms with Crippen LogP contribution in [0.15, 0.2) is 94.9 Å². The first-order valence-corrected chi connectivity index (χ1v) is 11.5. The molecule has 0 radical (unpaired) electrons. The molecule has 1 spiro atoms. The van der Waals surface area contributed by atoms with Gasteiger partial charge in [0.05, 0.1) is 24.5 Å². The Morgan fingerprint density at radius 3 is 1.88 bits per heavy atom. The summed E-state index contributed by atoms with van der Waals surface area (Å²) >= 11 is 1.39. The number of rotatable bonds is 3. The van der Waals surface area contributed by atoms with Crippen LogP contribution >= 0.6 is 11.8 Å². The highest BCUT2D eigenvalue weighted by atomic mass is 32.2. The normalized spacial score (nSPS) is 21.9. The van der Waals surface area contributed by atoms with Crippen molar-refractivity contribution in [3.63, 3.8) is 0 Å². The van der Waals surface area contributed by atoms with Crippen molar-refractivity contribution >= 4 is 29.3 Å². The van der Waals surface area contributed by atoms with Crippen LogP contribution in [0.2, 0.25) is 0 Å². The Balaban J connectivity index is 1.81. The molecule has 0 N–H and O–H groups in total. The summed E-state index contributed by atoms with van der Waals surface area (Å²) in [5.41, 5.74) is 7.82. The molecule has 7 rings (SSSR count). The summed E-state index contributed by atoms with van der Waals surface area (Å²) < 4.78 is 9.62. The summed E-state index contributed by atoms with van der Waals surface area (Å²) in [6, 6.07) is 26.8. The fraction of sp³-hybridized carbons (Fsp3) is 0.143. The Kier molecular flexibility index (Phi) is 4.39. The van der Waals surface area contributed by atoms with E-state index in [1.54, 1.807) is 0 Å². The highest BCUT2D eigenvalue weighted by molar-refractivity contribution is 8.05. The average molecular weight is 453 g/mol. The summed E-state index contributed by atoms with van der Waals surface area (Å²) in [4.78, 5) is 26.5. The summed E-state index contributed by atoms with van der Waals surface area (Å²) in [7, 11) is 2.70.